The molecule has 0 aliphatic carbocycles. The lowest BCUT2D eigenvalue weighted by molar-refractivity contribution is -0.135. The number of benzene rings is 2. The molecule has 4 atom stereocenters. The van der Waals surface area contributed by atoms with E-state index in [0.29, 0.717) is 24.7 Å². The second-order valence-electron chi connectivity index (χ2n) is 12.0. The van der Waals surface area contributed by atoms with Crippen LogP contribution in [0.1, 0.15) is 63.3 Å². The van der Waals surface area contributed by atoms with Gasteiger partial charge in [0.2, 0.25) is 5.91 Å². The van der Waals surface area contributed by atoms with E-state index in [1.165, 1.54) is 22.4 Å². The number of rotatable bonds is 7. The number of hydrogen-bond donors (Lipinski definition) is 2. The quantitative estimate of drug-likeness (QED) is 0.499. The van der Waals surface area contributed by atoms with Crippen LogP contribution in [0.25, 0.3) is 0 Å². The van der Waals surface area contributed by atoms with E-state index in [1.54, 1.807) is 0 Å². The van der Waals surface area contributed by atoms with Crippen LogP contribution in [-0.4, -0.2) is 59.0 Å². The lowest BCUT2D eigenvalue weighted by Crippen LogP contribution is -2.51. The summed E-state index contributed by atoms with van der Waals surface area (Å²) in [7, 11) is -1.18. The van der Waals surface area contributed by atoms with Gasteiger partial charge in [-0.1, -0.05) is 55.3 Å². The zero-order chi connectivity index (χ0) is 27.6. The number of halogens is 1. The van der Waals surface area contributed by atoms with Crippen LogP contribution in [0, 0.1) is 18.8 Å². The number of nitrogens with zero attached hydrogens (tertiary/aromatic N) is 2. The Labute approximate surface area is 236 Å². The summed E-state index contributed by atoms with van der Waals surface area (Å²) >= 11 is 6.09. The first-order chi connectivity index (χ1) is 18.0. The zero-order valence-corrected chi connectivity index (χ0v) is 25.2. The van der Waals surface area contributed by atoms with E-state index in [1.807, 2.05) is 49.9 Å². The standard InChI is InChI=1S/C30H43ClN4O2S/c1-20(2)28(33-38(37)30(4,5)6)24-17-21(3)7-12-27(24)34-13-15-35(16-14-34)29(36)26-19-32-18-25(26)22-8-10-23(31)11-9-22/h7-12,17,20,25-26,28,32-33H,13-16,18-19H2,1-6H3/t25?,26-,28?,38?/m1/s1. The molecule has 2 aromatic carbocycles. The highest BCUT2D eigenvalue weighted by Crippen LogP contribution is 2.35. The Kier molecular flexibility index (Phi) is 9.23. The van der Waals surface area contributed by atoms with Crippen molar-refractivity contribution >= 4 is 34.2 Å². The monoisotopic (exact) mass is 558 g/mol. The van der Waals surface area contributed by atoms with Gasteiger partial charge in [-0.25, -0.2) is 8.93 Å². The molecular weight excluding hydrogens is 516 g/mol. The van der Waals surface area contributed by atoms with Crippen molar-refractivity contribution in [3.05, 3.63) is 64.2 Å². The topological polar surface area (TPSA) is 64.7 Å². The fourth-order valence-electron chi connectivity index (χ4n) is 5.46. The molecule has 2 saturated heterocycles. The van der Waals surface area contributed by atoms with Crippen LogP contribution in [0.5, 0.6) is 0 Å². The van der Waals surface area contributed by atoms with Crippen molar-refractivity contribution in [1.82, 2.24) is 14.9 Å². The molecule has 2 N–H and O–H groups in total. The molecular formula is C30H43ClN4O2S. The van der Waals surface area contributed by atoms with Crippen LogP contribution < -0.4 is 14.9 Å². The molecule has 6 nitrogen and oxygen atoms in total. The number of carbonyl (C=O) groups is 1. The number of amides is 1. The summed E-state index contributed by atoms with van der Waals surface area (Å²) in [6.45, 7) is 16.9. The Balaban J connectivity index is 1.48. The van der Waals surface area contributed by atoms with E-state index in [9.17, 15) is 9.00 Å². The van der Waals surface area contributed by atoms with Gasteiger partial charge in [0.25, 0.3) is 0 Å². The molecule has 0 saturated carbocycles. The predicted molar refractivity (Wildman–Crippen MR) is 159 cm³/mol. The van der Waals surface area contributed by atoms with Crippen LogP contribution in [0.2, 0.25) is 5.02 Å². The maximum absolute atomic E-state index is 13.6. The maximum atomic E-state index is 13.6. The summed E-state index contributed by atoms with van der Waals surface area (Å²) < 4.78 is 16.1. The van der Waals surface area contributed by atoms with E-state index in [2.05, 4.69) is 53.9 Å². The second kappa shape index (κ2) is 12.1. The smallest absolute Gasteiger partial charge is 0.227 e. The van der Waals surface area contributed by atoms with Crippen LogP contribution >= 0.6 is 11.6 Å². The van der Waals surface area contributed by atoms with Gasteiger partial charge in [-0.3, -0.25) is 4.79 Å². The van der Waals surface area contributed by atoms with Crippen molar-refractivity contribution in [2.45, 2.75) is 58.2 Å². The molecule has 208 valence electrons. The zero-order valence-electron chi connectivity index (χ0n) is 23.6. The lowest BCUT2D eigenvalue weighted by Gasteiger charge is -2.39. The summed E-state index contributed by atoms with van der Waals surface area (Å²) in [5, 5.41) is 4.15. The number of piperazine rings is 1. The molecule has 2 fully saturated rings. The third kappa shape index (κ3) is 6.61. The van der Waals surface area contributed by atoms with Gasteiger partial charge >= 0.3 is 0 Å². The Bertz CT molecular complexity index is 1140. The molecule has 0 spiro atoms. The van der Waals surface area contributed by atoms with Crippen molar-refractivity contribution in [2.75, 3.05) is 44.2 Å². The summed E-state index contributed by atoms with van der Waals surface area (Å²) in [5.41, 5.74) is 4.70. The average molecular weight is 559 g/mol. The van der Waals surface area contributed by atoms with Crippen LogP contribution in [0.4, 0.5) is 5.69 Å². The SMILES string of the molecule is Cc1ccc(N2CCN(C(=O)[C@@H]3CNCC3c3ccc(Cl)cc3)CC2)c(C(NS(=O)C(C)(C)C)C(C)C)c1. The van der Waals surface area contributed by atoms with Crippen molar-refractivity contribution in [3.8, 4) is 0 Å². The van der Waals surface area contributed by atoms with Crippen LogP contribution in [-0.2, 0) is 15.8 Å². The minimum Gasteiger partial charge on any atom is -0.368 e. The lowest BCUT2D eigenvalue weighted by atomic mass is 9.88. The highest BCUT2D eigenvalue weighted by molar-refractivity contribution is 7.84. The third-order valence-corrected chi connectivity index (χ3v) is 9.57. The first kappa shape index (κ1) is 29.1. The first-order valence-corrected chi connectivity index (χ1v) is 15.3. The summed E-state index contributed by atoms with van der Waals surface area (Å²) in [6, 6.07) is 14.4. The number of aryl methyl sites for hydroxylation is 1. The van der Waals surface area contributed by atoms with Crippen LogP contribution in [0.15, 0.2) is 42.5 Å². The van der Waals surface area contributed by atoms with Gasteiger partial charge in [0.05, 0.1) is 21.7 Å². The second-order valence-corrected chi connectivity index (χ2v) is 14.5. The van der Waals surface area contributed by atoms with E-state index in [4.69, 9.17) is 11.6 Å². The van der Waals surface area contributed by atoms with E-state index in [-0.39, 0.29) is 34.4 Å². The molecule has 2 aliphatic heterocycles. The van der Waals surface area contributed by atoms with Gasteiger partial charge in [-0.05, 0) is 62.9 Å². The summed E-state index contributed by atoms with van der Waals surface area (Å²) in [5.74, 6) is 0.619. The third-order valence-electron chi connectivity index (χ3n) is 7.74. The van der Waals surface area contributed by atoms with Crippen molar-refractivity contribution in [1.29, 1.82) is 0 Å². The number of anilines is 1. The molecule has 2 aliphatic rings. The average Bonchev–Trinajstić information content (AvgIpc) is 3.36. The Hall–Kier alpha value is -1.93. The maximum Gasteiger partial charge on any atom is 0.227 e. The molecule has 2 heterocycles. The Morgan fingerprint density at radius 1 is 1.05 bits per heavy atom. The minimum absolute atomic E-state index is 0.0330. The highest BCUT2D eigenvalue weighted by Gasteiger charge is 2.37. The van der Waals surface area contributed by atoms with Gasteiger partial charge in [0.1, 0.15) is 0 Å². The Morgan fingerprint density at radius 3 is 2.32 bits per heavy atom. The molecule has 3 unspecified atom stereocenters. The number of nitrogens with one attached hydrogen (secondary N) is 2. The minimum atomic E-state index is -1.18. The number of carbonyl (C=O) groups excluding carboxylic acids is 1. The largest absolute Gasteiger partial charge is 0.368 e. The molecule has 0 radical (unpaired) electrons. The molecule has 38 heavy (non-hydrogen) atoms. The summed E-state index contributed by atoms with van der Waals surface area (Å²) in [6.07, 6.45) is 0. The van der Waals surface area contributed by atoms with Crippen molar-refractivity contribution < 1.29 is 9.00 Å². The van der Waals surface area contributed by atoms with E-state index in [0.717, 1.165) is 19.6 Å². The molecule has 0 aromatic heterocycles. The van der Waals surface area contributed by atoms with Crippen molar-refractivity contribution in [2.24, 2.45) is 11.8 Å². The van der Waals surface area contributed by atoms with E-state index >= 15 is 0 Å². The molecule has 4 rings (SSSR count). The molecule has 8 heteroatoms. The summed E-state index contributed by atoms with van der Waals surface area (Å²) in [4.78, 5) is 18.0. The number of hydrogen-bond acceptors (Lipinski definition) is 4. The van der Waals surface area contributed by atoms with Crippen LogP contribution in [0.3, 0.4) is 0 Å². The fraction of sp³-hybridized carbons (Fsp3) is 0.567. The van der Waals surface area contributed by atoms with E-state index < -0.39 is 11.0 Å². The van der Waals surface area contributed by atoms with Gasteiger partial charge in [0.15, 0.2) is 0 Å². The molecule has 0 bridgehead atoms. The molecule has 2 aromatic rings. The van der Waals surface area contributed by atoms with Gasteiger partial charge in [0, 0.05) is 61.9 Å². The first-order valence-electron chi connectivity index (χ1n) is 13.7. The normalized spacial score (nSPS) is 22.1. The van der Waals surface area contributed by atoms with Gasteiger partial charge < -0.3 is 15.1 Å². The highest BCUT2D eigenvalue weighted by atomic mass is 35.5. The predicted octanol–water partition coefficient (Wildman–Crippen LogP) is 5.05. The van der Waals surface area contributed by atoms with Crippen molar-refractivity contribution in [3.63, 3.8) is 0 Å². The van der Waals surface area contributed by atoms with Gasteiger partial charge in [-0.15, -0.1) is 0 Å². The Morgan fingerprint density at radius 2 is 1.71 bits per heavy atom. The molecule has 1 amide bonds. The van der Waals surface area contributed by atoms with Gasteiger partial charge in [-0.2, -0.15) is 0 Å². The fourth-order valence-corrected chi connectivity index (χ4v) is 6.57.